The lowest BCUT2D eigenvalue weighted by atomic mass is 9.95. The normalized spacial score (nSPS) is 29.0. The molecule has 0 aliphatic carbocycles. The fraction of sp³-hybridized carbons (Fsp3) is 0.353. The molecule has 5 rings (SSSR count). The average molecular weight is 310 g/mol. The number of para-hydroxylation sites is 1. The van der Waals surface area contributed by atoms with Crippen LogP contribution in [0.15, 0.2) is 30.3 Å². The van der Waals surface area contributed by atoms with Gasteiger partial charge >= 0.3 is 5.97 Å². The summed E-state index contributed by atoms with van der Waals surface area (Å²) in [6.45, 7) is 0.782. The number of carbonyl (C=O) groups is 2. The van der Waals surface area contributed by atoms with E-state index in [4.69, 9.17) is 9.47 Å². The number of fused-ring (bicyclic) bond motifs is 5. The predicted octanol–water partition coefficient (Wildman–Crippen LogP) is 1.40. The molecular weight excluding hydrogens is 296 g/mol. The number of pyridine rings is 1. The summed E-state index contributed by atoms with van der Waals surface area (Å²) in [5, 5.41) is 1.02. The number of ether oxygens (including phenoxy) is 2. The van der Waals surface area contributed by atoms with Crippen LogP contribution in [0.25, 0.3) is 10.9 Å². The van der Waals surface area contributed by atoms with Crippen molar-refractivity contribution in [1.29, 1.82) is 0 Å². The van der Waals surface area contributed by atoms with Crippen molar-refractivity contribution in [2.75, 3.05) is 13.2 Å². The molecule has 2 aromatic rings. The third-order valence-corrected chi connectivity index (χ3v) is 4.93. The minimum atomic E-state index is -0.482. The monoisotopic (exact) mass is 310 g/mol. The Balaban J connectivity index is 1.59. The summed E-state index contributed by atoms with van der Waals surface area (Å²) >= 11 is 0. The van der Waals surface area contributed by atoms with E-state index in [0.717, 1.165) is 22.2 Å². The molecule has 3 aliphatic rings. The fourth-order valence-electron chi connectivity index (χ4n) is 3.69. The lowest BCUT2D eigenvalue weighted by Gasteiger charge is -2.23. The van der Waals surface area contributed by atoms with Gasteiger partial charge in [0.05, 0.1) is 36.2 Å². The summed E-state index contributed by atoms with van der Waals surface area (Å²) < 4.78 is 11.0. The molecule has 0 saturated carbocycles. The summed E-state index contributed by atoms with van der Waals surface area (Å²) in [6, 6.07) is 9.90. The lowest BCUT2D eigenvalue weighted by Crippen LogP contribution is -2.35. The highest BCUT2D eigenvalue weighted by Crippen LogP contribution is 2.41. The van der Waals surface area contributed by atoms with E-state index in [0.29, 0.717) is 6.54 Å². The van der Waals surface area contributed by atoms with Gasteiger partial charge in [0, 0.05) is 10.9 Å². The number of cyclic esters (lactones) is 1. The first-order valence-electron chi connectivity index (χ1n) is 7.69. The molecule has 0 radical (unpaired) electrons. The van der Waals surface area contributed by atoms with Crippen LogP contribution in [0.5, 0.6) is 0 Å². The molecule has 3 aliphatic heterocycles. The van der Waals surface area contributed by atoms with Crippen molar-refractivity contribution in [3.63, 3.8) is 0 Å². The highest BCUT2D eigenvalue weighted by atomic mass is 16.6. The van der Waals surface area contributed by atoms with Gasteiger partial charge in [-0.15, -0.1) is 0 Å². The zero-order chi connectivity index (χ0) is 15.6. The van der Waals surface area contributed by atoms with Crippen molar-refractivity contribution in [1.82, 2.24) is 9.88 Å². The van der Waals surface area contributed by atoms with Crippen molar-refractivity contribution in [2.24, 2.45) is 11.8 Å². The molecule has 1 amide bonds. The molecule has 4 heterocycles. The van der Waals surface area contributed by atoms with Gasteiger partial charge in [-0.25, -0.2) is 0 Å². The summed E-state index contributed by atoms with van der Waals surface area (Å²) in [5.74, 6) is -1.33. The molecule has 0 N–H and O–H groups in total. The second-order valence-electron chi connectivity index (χ2n) is 6.21. The molecule has 2 fully saturated rings. The van der Waals surface area contributed by atoms with Crippen molar-refractivity contribution in [3.05, 3.63) is 41.6 Å². The molecule has 6 heteroatoms. The molecule has 0 bridgehead atoms. The predicted molar refractivity (Wildman–Crippen MR) is 78.9 cm³/mol. The molecule has 23 heavy (non-hydrogen) atoms. The maximum absolute atomic E-state index is 12.8. The zero-order valence-corrected chi connectivity index (χ0v) is 12.3. The van der Waals surface area contributed by atoms with Crippen LogP contribution in [0, 0.1) is 11.8 Å². The molecule has 0 unspecified atom stereocenters. The Bertz CT molecular complexity index is 850. The lowest BCUT2D eigenvalue weighted by molar-refractivity contribution is -0.147. The van der Waals surface area contributed by atoms with Gasteiger partial charge in [0.2, 0.25) is 5.91 Å². The highest BCUT2D eigenvalue weighted by Gasteiger charge is 2.50. The summed E-state index contributed by atoms with van der Waals surface area (Å²) in [7, 11) is 0. The van der Waals surface area contributed by atoms with E-state index in [1.54, 1.807) is 4.90 Å². The van der Waals surface area contributed by atoms with E-state index in [1.165, 1.54) is 0 Å². The standard InChI is InChI=1S/C17H14N2O4/c20-15-11-7-23-17(21)12(11)8-22-16-10-5-9-3-1-2-4-13(9)18-14(10)6-19(15)16/h1-5,11-12,16H,6-8H2/t11-,12-,16+/m0/s1. The fourth-order valence-corrected chi connectivity index (χ4v) is 3.69. The van der Waals surface area contributed by atoms with Crippen LogP contribution >= 0.6 is 0 Å². The van der Waals surface area contributed by atoms with Crippen molar-refractivity contribution >= 4 is 22.8 Å². The van der Waals surface area contributed by atoms with Crippen LogP contribution in [0.3, 0.4) is 0 Å². The molecule has 1 aromatic carbocycles. The first-order chi connectivity index (χ1) is 11.2. The van der Waals surface area contributed by atoms with Crippen molar-refractivity contribution in [2.45, 2.75) is 12.8 Å². The summed E-state index contributed by atoms with van der Waals surface area (Å²) in [5.41, 5.74) is 2.70. The summed E-state index contributed by atoms with van der Waals surface area (Å²) in [4.78, 5) is 30.9. The second kappa shape index (κ2) is 4.52. The summed E-state index contributed by atoms with van der Waals surface area (Å²) in [6.07, 6.45) is -0.451. The Kier molecular flexibility index (Phi) is 2.56. The van der Waals surface area contributed by atoms with Crippen LogP contribution in [0.1, 0.15) is 17.5 Å². The topological polar surface area (TPSA) is 68.7 Å². The van der Waals surface area contributed by atoms with Gasteiger partial charge in [0.1, 0.15) is 6.61 Å². The number of esters is 1. The first-order valence-corrected chi connectivity index (χ1v) is 7.69. The van der Waals surface area contributed by atoms with Gasteiger partial charge in [-0.3, -0.25) is 14.6 Å². The Morgan fingerprint density at radius 3 is 2.91 bits per heavy atom. The number of rotatable bonds is 0. The van der Waals surface area contributed by atoms with Crippen LogP contribution < -0.4 is 0 Å². The molecule has 2 saturated heterocycles. The van der Waals surface area contributed by atoms with E-state index in [2.05, 4.69) is 4.98 Å². The minimum Gasteiger partial charge on any atom is -0.465 e. The maximum atomic E-state index is 12.8. The minimum absolute atomic E-state index is 0.0783. The highest BCUT2D eigenvalue weighted by molar-refractivity contribution is 5.89. The van der Waals surface area contributed by atoms with Crippen LogP contribution in [-0.2, 0) is 25.6 Å². The molecular formula is C17H14N2O4. The zero-order valence-electron chi connectivity index (χ0n) is 12.3. The Morgan fingerprint density at radius 1 is 1.13 bits per heavy atom. The Morgan fingerprint density at radius 2 is 2.00 bits per heavy atom. The van der Waals surface area contributed by atoms with Crippen molar-refractivity contribution in [3.8, 4) is 0 Å². The van der Waals surface area contributed by atoms with E-state index in [9.17, 15) is 9.59 Å². The van der Waals surface area contributed by atoms with E-state index in [1.807, 2.05) is 30.3 Å². The van der Waals surface area contributed by atoms with Gasteiger partial charge in [-0.05, 0) is 12.1 Å². The van der Waals surface area contributed by atoms with E-state index in [-0.39, 0.29) is 25.1 Å². The maximum Gasteiger partial charge on any atom is 0.312 e. The molecule has 3 atom stereocenters. The van der Waals surface area contributed by atoms with Gasteiger partial charge in [0.15, 0.2) is 6.23 Å². The molecule has 1 aromatic heterocycles. The number of hydrogen-bond acceptors (Lipinski definition) is 5. The average Bonchev–Trinajstić information content (AvgIpc) is 3.06. The Hall–Kier alpha value is -2.47. The number of hydrogen-bond donors (Lipinski definition) is 0. The quantitative estimate of drug-likeness (QED) is 0.688. The van der Waals surface area contributed by atoms with Gasteiger partial charge in [-0.2, -0.15) is 0 Å². The molecule has 116 valence electrons. The number of aromatic nitrogens is 1. The number of amides is 1. The van der Waals surface area contributed by atoms with Crippen LogP contribution in [0.4, 0.5) is 0 Å². The second-order valence-corrected chi connectivity index (χ2v) is 6.21. The molecule has 6 nitrogen and oxygen atoms in total. The Labute approximate surface area is 132 Å². The van der Waals surface area contributed by atoms with Gasteiger partial charge < -0.3 is 14.4 Å². The van der Waals surface area contributed by atoms with Crippen LogP contribution in [-0.4, -0.2) is 35.0 Å². The third kappa shape index (κ3) is 1.75. The third-order valence-electron chi connectivity index (χ3n) is 4.93. The molecule has 0 spiro atoms. The smallest absolute Gasteiger partial charge is 0.312 e. The van der Waals surface area contributed by atoms with Gasteiger partial charge in [-0.1, -0.05) is 18.2 Å². The first kappa shape index (κ1) is 13.0. The van der Waals surface area contributed by atoms with Crippen LogP contribution in [0.2, 0.25) is 0 Å². The number of benzene rings is 1. The number of nitrogens with zero attached hydrogens (tertiary/aromatic N) is 2. The SMILES string of the molecule is O=C1OC[C@@H]2C(=O)N3Cc4nc5ccccc5cc4[C@H]3OC[C@H]12. The van der Waals surface area contributed by atoms with E-state index < -0.39 is 18.1 Å². The number of carbonyl (C=O) groups excluding carboxylic acids is 2. The van der Waals surface area contributed by atoms with Crippen molar-refractivity contribution < 1.29 is 19.1 Å². The largest absolute Gasteiger partial charge is 0.465 e. The van der Waals surface area contributed by atoms with E-state index >= 15 is 0 Å². The van der Waals surface area contributed by atoms with Gasteiger partial charge in [0.25, 0.3) is 0 Å².